The fourth-order valence-corrected chi connectivity index (χ4v) is 5.35. The molecule has 1 fully saturated rings. The Balaban J connectivity index is 2.05. The lowest BCUT2D eigenvalue weighted by Crippen LogP contribution is -2.31. The molecule has 1 atom stereocenters. The molecule has 1 aliphatic rings. The molecule has 2 aromatic rings. The predicted molar refractivity (Wildman–Crippen MR) is 87.7 cm³/mol. The summed E-state index contributed by atoms with van der Waals surface area (Å²) >= 11 is 12.0. The first kappa shape index (κ1) is 15.9. The second-order valence-corrected chi connectivity index (χ2v) is 8.10. The van der Waals surface area contributed by atoms with E-state index in [1.54, 1.807) is 6.07 Å². The average molecular weight is 359 g/mol. The van der Waals surface area contributed by atoms with Crippen molar-refractivity contribution in [1.82, 2.24) is 8.87 Å². The van der Waals surface area contributed by atoms with Crippen LogP contribution in [0.15, 0.2) is 41.4 Å². The minimum absolute atomic E-state index is 0.0720. The molecule has 7 heteroatoms. The van der Waals surface area contributed by atoms with Gasteiger partial charge in [0.25, 0.3) is 0 Å². The first-order valence-electron chi connectivity index (χ1n) is 6.99. The van der Waals surface area contributed by atoms with Crippen LogP contribution in [-0.2, 0) is 17.1 Å². The summed E-state index contributed by atoms with van der Waals surface area (Å²) in [6, 6.07) is 8.23. The molecule has 0 aliphatic carbocycles. The normalized spacial score (nSPS) is 19.7. The molecule has 0 saturated carbocycles. The quantitative estimate of drug-likeness (QED) is 0.835. The number of sulfonamides is 1. The topological polar surface area (TPSA) is 42.3 Å². The van der Waals surface area contributed by atoms with Crippen LogP contribution in [0.1, 0.15) is 24.6 Å². The highest BCUT2D eigenvalue weighted by Gasteiger charge is 2.38. The standard InChI is InChI=1S/C15H16Cl2N2O2S/c1-18-8-2-4-13(18)14-5-3-9-19(14)22(20,21)15-10-11(16)6-7-12(15)17/h2,4,6-8,10,14H,3,5,9H2,1H3/t14-/m1/s1. The summed E-state index contributed by atoms with van der Waals surface area (Å²) in [5, 5.41) is 0.555. The van der Waals surface area contributed by atoms with Gasteiger partial charge in [-0.3, -0.25) is 0 Å². The average Bonchev–Trinajstić information content (AvgIpc) is 3.09. The van der Waals surface area contributed by atoms with E-state index in [0.29, 0.717) is 11.6 Å². The maximum Gasteiger partial charge on any atom is 0.245 e. The number of benzene rings is 1. The van der Waals surface area contributed by atoms with E-state index in [1.807, 2.05) is 29.9 Å². The van der Waals surface area contributed by atoms with Gasteiger partial charge in [0.15, 0.2) is 0 Å². The summed E-state index contributed by atoms with van der Waals surface area (Å²) in [7, 11) is -1.76. The van der Waals surface area contributed by atoms with E-state index in [0.717, 1.165) is 18.5 Å². The molecule has 1 saturated heterocycles. The highest BCUT2D eigenvalue weighted by Crippen LogP contribution is 2.38. The smallest absolute Gasteiger partial charge is 0.245 e. The maximum absolute atomic E-state index is 13.0. The van der Waals surface area contributed by atoms with Gasteiger partial charge in [0.1, 0.15) is 4.90 Å². The van der Waals surface area contributed by atoms with E-state index >= 15 is 0 Å². The number of halogens is 2. The van der Waals surface area contributed by atoms with Crippen molar-refractivity contribution in [1.29, 1.82) is 0 Å². The van der Waals surface area contributed by atoms with Gasteiger partial charge in [-0.25, -0.2) is 8.42 Å². The molecule has 118 valence electrons. The van der Waals surface area contributed by atoms with E-state index in [-0.39, 0.29) is 16.0 Å². The monoisotopic (exact) mass is 358 g/mol. The molecule has 1 aromatic carbocycles. The minimum atomic E-state index is -3.68. The number of hydrogen-bond donors (Lipinski definition) is 0. The molecule has 2 heterocycles. The van der Waals surface area contributed by atoms with Crippen LogP contribution in [0, 0.1) is 0 Å². The molecule has 0 bridgehead atoms. The third kappa shape index (κ3) is 2.67. The van der Waals surface area contributed by atoms with E-state index in [4.69, 9.17) is 23.2 Å². The molecule has 0 N–H and O–H groups in total. The van der Waals surface area contributed by atoms with E-state index in [2.05, 4.69) is 0 Å². The van der Waals surface area contributed by atoms with Gasteiger partial charge in [0.05, 0.1) is 11.1 Å². The molecular formula is C15H16Cl2N2O2S. The summed E-state index contributed by atoms with van der Waals surface area (Å²) < 4.78 is 29.5. The van der Waals surface area contributed by atoms with Gasteiger partial charge in [-0.2, -0.15) is 4.31 Å². The van der Waals surface area contributed by atoms with Crippen molar-refractivity contribution in [3.63, 3.8) is 0 Å². The van der Waals surface area contributed by atoms with Gasteiger partial charge >= 0.3 is 0 Å². The Morgan fingerprint density at radius 3 is 2.68 bits per heavy atom. The first-order chi connectivity index (χ1) is 10.4. The molecule has 0 spiro atoms. The zero-order chi connectivity index (χ0) is 15.9. The number of rotatable bonds is 3. The Kier molecular flexibility index (Phi) is 4.25. The zero-order valence-corrected chi connectivity index (χ0v) is 14.4. The second-order valence-electron chi connectivity index (χ2n) is 5.39. The number of aryl methyl sites for hydroxylation is 1. The highest BCUT2D eigenvalue weighted by molar-refractivity contribution is 7.89. The van der Waals surface area contributed by atoms with Gasteiger partial charge in [-0.1, -0.05) is 23.2 Å². The zero-order valence-electron chi connectivity index (χ0n) is 12.0. The van der Waals surface area contributed by atoms with Crippen LogP contribution in [0.3, 0.4) is 0 Å². The van der Waals surface area contributed by atoms with E-state index < -0.39 is 10.0 Å². The van der Waals surface area contributed by atoms with Crippen molar-refractivity contribution in [2.24, 2.45) is 7.05 Å². The van der Waals surface area contributed by atoms with Crippen molar-refractivity contribution in [3.05, 3.63) is 52.3 Å². The van der Waals surface area contributed by atoms with Crippen LogP contribution in [0.25, 0.3) is 0 Å². The van der Waals surface area contributed by atoms with E-state index in [1.165, 1.54) is 16.4 Å². The van der Waals surface area contributed by atoms with Crippen molar-refractivity contribution < 1.29 is 8.42 Å². The fourth-order valence-electron chi connectivity index (χ4n) is 2.95. The molecule has 0 radical (unpaired) electrons. The third-order valence-corrected chi connectivity index (χ3v) is 6.63. The van der Waals surface area contributed by atoms with Crippen LogP contribution in [0.5, 0.6) is 0 Å². The van der Waals surface area contributed by atoms with Gasteiger partial charge in [0, 0.05) is 30.5 Å². The highest BCUT2D eigenvalue weighted by atomic mass is 35.5. The molecule has 0 amide bonds. The Morgan fingerprint density at radius 2 is 2.00 bits per heavy atom. The summed E-state index contributed by atoms with van der Waals surface area (Å²) in [6.07, 6.45) is 3.55. The van der Waals surface area contributed by atoms with Gasteiger partial charge in [-0.05, 0) is 43.2 Å². The van der Waals surface area contributed by atoms with Crippen molar-refractivity contribution in [2.45, 2.75) is 23.8 Å². The summed E-state index contributed by atoms with van der Waals surface area (Å²) in [6.45, 7) is 0.487. The molecular weight excluding hydrogens is 343 g/mol. The first-order valence-corrected chi connectivity index (χ1v) is 9.19. The van der Waals surface area contributed by atoms with Gasteiger partial charge in [0.2, 0.25) is 10.0 Å². The van der Waals surface area contributed by atoms with Crippen LogP contribution < -0.4 is 0 Å². The van der Waals surface area contributed by atoms with Crippen LogP contribution in [0.2, 0.25) is 10.0 Å². The molecule has 1 aliphatic heterocycles. The fraction of sp³-hybridized carbons (Fsp3) is 0.333. The lowest BCUT2D eigenvalue weighted by atomic mass is 10.1. The summed E-state index contributed by atoms with van der Waals surface area (Å²) in [5.74, 6) is 0. The molecule has 0 unspecified atom stereocenters. The maximum atomic E-state index is 13.0. The van der Waals surface area contributed by atoms with Crippen molar-refractivity contribution >= 4 is 33.2 Å². The number of aromatic nitrogens is 1. The second kappa shape index (κ2) is 5.89. The molecule has 4 nitrogen and oxygen atoms in total. The van der Waals surface area contributed by atoms with Crippen molar-refractivity contribution in [3.8, 4) is 0 Å². The molecule has 3 rings (SSSR count). The Bertz CT molecular complexity index is 802. The summed E-state index contributed by atoms with van der Waals surface area (Å²) in [5.41, 5.74) is 0.985. The minimum Gasteiger partial charge on any atom is -0.353 e. The van der Waals surface area contributed by atoms with Gasteiger partial charge < -0.3 is 4.57 Å². The third-order valence-electron chi connectivity index (χ3n) is 4.01. The SMILES string of the molecule is Cn1cccc1[C@H]1CCCN1S(=O)(=O)c1cc(Cl)ccc1Cl. The van der Waals surface area contributed by atoms with Gasteiger partial charge in [-0.15, -0.1) is 0 Å². The Hall–Kier alpha value is -1.01. The van der Waals surface area contributed by atoms with Crippen LogP contribution in [-0.4, -0.2) is 23.8 Å². The predicted octanol–water partition coefficient (Wildman–Crippen LogP) is 3.86. The van der Waals surface area contributed by atoms with Crippen LogP contribution >= 0.6 is 23.2 Å². The molecule has 1 aromatic heterocycles. The Labute approximate surface area is 140 Å². The van der Waals surface area contributed by atoms with Crippen molar-refractivity contribution in [2.75, 3.05) is 6.54 Å². The Morgan fingerprint density at radius 1 is 1.23 bits per heavy atom. The van der Waals surface area contributed by atoms with Crippen LogP contribution in [0.4, 0.5) is 0 Å². The lowest BCUT2D eigenvalue weighted by Gasteiger charge is -2.25. The van der Waals surface area contributed by atoms with E-state index in [9.17, 15) is 8.42 Å². The lowest BCUT2D eigenvalue weighted by molar-refractivity contribution is 0.384. The molecule has 22 heavy (non-hydrogen) atoms. The summed E-state index contributed by atoms with van der Waals surface area (Å²) in [4.78, 5) is 0.0720. The number of nitrogens with zero attached hydrogens (tertiary/aromatic N) is 2. The largest absolute Gasteiger partial charge is 0.353 e. The number of hydrogen-bond acceptors (Lipinski definition) is 2.